The molecular formula is C14H22N3O2S+. The van der Waals surface area contributed by atoms with Crippen molar-refractivity contribution in [2.75, 3.05) is 12.3 Å². The van der Waals surface area contributed by atoms with E-state index in [2.05, 4.69) is 4.99 Å². The van der Waals surface area contributed by atoms with Gasteiger partial charge in [0.25, 0.3) is 5.84 Å². The van der Waals surface area contributed by atoms with E-state index >= 15 is 0 Å². The highest BCUT2D eigenvalue weighted by Gasteiger charge is 2.16. The minimum Gasteiger partial charge on any atom is -0.290 e. The first-order chi connectivity index (χ1) is 9.22. The van der Waals surface area contributed by atoms with Gasteiger partial charge < -0.3 is 0 Å². The minimum absolute atomic E-state index is 0.103. The van der Waals surface area contributed by atoms with Gasteiger partial charge in [0.05, 0.1) is 10.6 Å². The first-order valence-corrected chi connectivity index (χ1v) is 8.08. The van der Waals surface area contributed by atoms with Crippen LogP contribution in [0, 0.1) is 5.92 Å². The molecule has 0 aromatic heterocycles. The highest BCUT2D eigenvalue weighted by Crippen LogP contribution is 2.15. The molecule has 4 N–H and O–H groups in total. The zero-order valence-corrected chi connectivity index (χ0v) is 12.9. The molecule has 6 heteroatoms. The van der Waals surface area contributed by atoms with Crippen molar-refractivity contribution in [2.45, 2.75) is 25.7 Å². The van der Waals surface area contributed by atoms with E-state index in [9.17, 15) is 8.42 Å². The average Bonchev–Trinajstić information content (AvgIpc) is 2.34. The van der Waals surface area contributed by atoms with Crippen molar-refractivity contribution >= 4 is 21.4 Å². The van der Waals surface area contributed by atoms with E-state index in [4.69, 9.17) is 11.1 Å². The van der Waals surface area contributed by atoms with E-state index in [1.165, 1.54) is 0 Å². The summed E-state index contributed by atoms with van der Waals surface area (Å²) in [6.07, 6.45) is 0. The molecule has 110 valence electrons. The van der Waals surface area contributed by atoms with Crippen LogP contribution in [0.15, 0.2) is 34.2 Å². The van der Waals surface area contributed by atoms with Crippen molar-refractivity contribution in [1.82, 2.24) is 0 Å². The lowest BCUT2D eigenvalue weighted by Gasteiger charge is -2.08. The second-order valence-corrected chi connectivity index (χ2v) is 7.21. The summed E-state index contributed by atoms with van der Waals surface area (Å²) < 4.78 is 24.1. The summed E-state index contributed by atoms with van der Waals surface area (Å²) >= 11 is 0. The van der Waals surface area contributed by atoms with Gasteiger partial charge in [-0.25, -0.2) is 8.42 Å². The normalized spacial score (nSPS) is 12.7. The van der Waals surface area contributed by atoms with E-state index in [1.54, 1.807) is 24.3 Å². The quantitative estimate of drug-likeness (QED) is 0.573. The SMILES string of the molecule is CC(=NCC(N)=[NH2+])c1ccc(S(=O)(=O)CC(C)C)cc1. The van der Waals surface area contributed by atoms with E-state index < -0.39 is 9.84 Å². The maximum atomic E-state index is 12.1. The fourth-order valence-corrected chi connectivity index (χ4v) is 3.36. The summed E-state index contributed by atoms with van der Waals surface area (Å²) in [4.78, 5) is 4.55. The van der Waals surface area contributed by atoms with E-state index in [0.717, 1.165) is 11.3 Å². The molecule has 0 fully saturated rings. The van der Waals surface area contributed by atoms with Crippen LogP contribution in [0.3, 0.4) is 0 Å². The Hall–Kier alpha value is -1.69. The molecule has 0 bridgehead atoms. The zero-order valence-electron chi connectivity index (χ0n) is 12.1. The molecule has 0 aliphatic rings. The first kappa shape index (κ1) is 16.4. The third-order valence-corrected chi connectivity index (χ3v) is 4.78. The van der Waals surface area contributed by atoms with Crippen LogP contribution in [-0.4, -0.2) is 32.3 Å². The van der Waals surface area contributed by atoms with Crippen LogP contribution in [0.5, 0.6) is 0 Å². The number of hydrogen-bond acceptors (Lipinski definition) is 3. The van der Waals surface area contributed by atoms with Crippen LogP contribution >= 0.6 is 0 Å². The monoisotopic (exact) mass is 296 g/mol. The minimum atomic E-state index is -3.21. The van der Waals surface area contributed by atoms with Crippen LogP contribution in [0.4, 0.5) is 0 Å². The molecule has 0 aliphatic heterocycles. The fraction of sp³-hybridized carbons (Fsp3) is 0.429. The van der Waals surface area contributed by atoms with Crippen LogP contribution in [0.25, 0.3) is 0 Å². The smallest absolute Gasteiger partial charge is 0.260 e. The van der Waals surface area contributed by atoms with Gasteiger partial charge in [-0.15, -0.1) is 0 Å². The van der Waals surface area contributed by atoms with Gasteiger partial charge in [0.15, 0.2) is 9.84 Å². The molecule has 0 radical (unpaired) electrons. The number of aliphatic imine (C=N–C) groups is 1. The predicted molar refractivity (Wildman–Crippen MR) is 81.5 cm³/mol. The Morgan fingerprint density at radius 1 is 1.30 bits per heavy atom. The van der Waals surface area contributed by atoms with Crippen LogP contribution < -0.4 is 11.1 Å². The number of hydrogen-bond donors (Lipinski definition) is 2. The number of nitrogens with two attached hydrogens (primary N) is 2. The Bertz CT molecular complexity index is 602. The van der Waals surface area contributed by atoms with Gasteiger partial charge in [-0.05, 0) is 30.5 Å². The van der Waals surface area contributed by atoms with E-state index in [-0.39, 0.29) is 24.1 Å². The molecule has 0 atom stereocenters. The number of nitrogens with zero attached hydrogens (tertiary/aromatic N) is 1. The highest BCUT2D eigenvalue weighted by atomic mass is 32.2. The topological polar surface area (TPSA) is 98.1 Å². The summed E-state index contributed by atoms with van der Waals surface area (Å²) in [5.41, 5.74) is 6.98. The van der Waals surface area contributed by atoms with Crippen molar-refractivity contribution in [1.29, 1.82) is 0 Å². The van der Waals surface area contributed by atoms with Crippen molar-refractivity contribution < 1.29 is 13.8 Å². The maximum Gasteiger partial charge on any atom is 0.260 e. The van der Waals surface area contributed by atoms with Gasteiger partial charge in [-0.3, -0.25) is 16.1 Å². The molecule has 1 rings (SSSR count). The molecule has 0 saturated carbocycles. The molecule has 0 unspecified atom stereocenters. The number of rotatable bonds is 6. The summed E-state index contributed by atoms with van der Waals surface area (Å²) in [5, 5.41) is 5.35. The zero-order chi connectivity index (χ0) is 15.3. The van der Waals surface area contributed by atoms with Gasteiger partial charge in [0.2, 0.25) is 0 Å². The molecule has 1 aromatic carbocycles. The Morgan fingerprint density at radius 2 is 1.85 bits per heavy atom. The lowest BCUT2D eigenvalue weighted by molar-refractivity contribution is -0.116. The molecule has 0 heterocycles. The lowest BCUT2D eigenvalue weighted by Crippen LogP contribution is -2.47. The average molecular weight is 296 g/mol. The van der Waals surface area contributed by atoms with E-state index in [0.29, 0.717) is 4.90 Å². The molecule has 0 amide bonds. The standard InChI is InChI=1S/C14H21N3O2S/c1-10(2)9-20(18,19)13-6-4-12(5-7-13)11(3)17-8-14(15)16/h4-7,10H,8-9H2,1-3H3,(H3,15,16)/p+1. The predicted octanol–water partition coefficient (Wildman–Crippen LogP) is 0.0416. The lowest BCUT2D eigenvalue weighted by atomic mass is 10.1. The molecular weight excluding hydrogens is 274 g/mol. The van der Waals surface area contributed by atoms with E-state index in [1.807, 2.05) is 20.8 Å². The summed E-state index contributed by atoms with van der Waals surface area (Å²) in [6, 6.07) is 6.72. The fourth-order valence-electron chi connectivity index (χ4n) is 1.74. The second kappa shape index (κ2) is 6.65. The number of benzene rings is 1. The van der Waals surface area contributed by atoms with Crippen molar-refractivity contribution in [3.63, 3.8) is 0 Å². The summed E-state index contributed by atoms with van der Waals surface area (Å²) in [6.45, 7) is 5.87. The van der Waals surface area contributed by atoms with Gasteiger partial charge in [-0.2, -0.15) is 0 Å². The summed E-state index contributed by atoms with van der Waals surface area (Å²) in [5.74, 6) is 0.504. The number of amidine groups is 1. The Morgan fingerprint density at radius 3 is 2.30 bits per heavy atom. The molecule has 1 aromatic rings. The molecule has 0 aliphatic carbocycles. The van der Waals surface area contributed by atoms with Gasteiger partial charge in [-0.1, -0.05) is 26.0 Å². The Kier molecular flexibility index (Phi) is 5.44. The first-order valence-electron chi connectivity index (χ1n) is 6.43. The van der Waals surface area contributed by atoms with Crippen molar-refractivity contribution in [2.24, 2.45) is 16.6 Å². The Balaban J connectivity index is 2.94. The molecule has 0 saturated heterocycles. The van der Waals surface area contributed by atoms with Gasteiger partial charge >= 0.3 is 0 Å². The molecule has 0 spiro atoms. The van der Waals surface area contributed by atoms with Crippen molar-refractivity contribution in [3.05, 3.63) is 29.8 Å². The van der Waals surface area contributed by atoms with Crippen LogP contribution in [-0.2, 0) is 9.84 Å². The Labute approximate surface area is 120 Å². The van der Waals surface area contributed by atoms with Crippen LogP contribution in [0.2, 0.25) is 0 Å². The highest BCUT2D eigenvalue weighted by molar-refractivity contribution is 7.91. The number of sulfone groups is 1. The van der Waals surface area contributed by atoms with Crippen LogP contribution in [0.1, 0.15) is 26.3 Å². The molecule has 20 heavy (non-hydrogen) atoms. The van der Waals surface area contributed by atoms with Gasteiger partial charge in [0.1, 0.15) is 6.54 Å². The summed E-state index contributed by atoms with van der Waals surface area (Å²) in [7, 11) is -3.21. The third-order valence-electron chi connectivity index (χ3n) is 2.68. The maximum absolute atomic E-state index is 12.1. The molecule has 5 nitrogen and oxygen atoms in total. The second-order valence-electron chi connectivity index (χ2n) is 5.18. The van der Waals surface area contributed by atoms with Crippen molar-refractivity contribution in [3.8, 4) is 0 Å². The largest absolute Gasteiger partial charge is 0.290 e. The third kappa shape index (κ3) is 4.77. The van der Waals surface area contributed by atoms with Gasteiger partial charge in [0, 0.05) is 5.71 Å².